The third-order valence-corrected chi connectivity index (χ3v) is 2.83. The molecule has 0 spiro atoms. The van der Waals surface area contributed by atoms with Gasteiger partial charge in [-0.2, -0.15) is 9.36 Å². The van der Waals surface area contributed by atoms with E-state index >= 15 is 0 Å². The Labute approximate surface area is 102 Å². The highest BCUT2D eigenvalue weighted by Gasteiger charge is 2.15. The molecule has 5 nitrogen and oxygen atoms in total. The van der Waals surface area contributed by atoms with E-state index in [1.54, 1.807) is 26.0 Å². The third kappa shape index (κ3) is 2.42. The Balaban J connectivity index is 2.40. The van der Waals surface area contributed by atoms with Gasteiger partial charge in [-0.15, -0.1) is 0 Å². The largest absolute Gasteiger partial charge is 0.478 e. The molecule has 1 heterocycles. The Hall–Kier alpha value is -1.95. The highest BCUT2D eigenvalue weighted by molar-refractivity contribution is 7.07. The predicted octanol–water partition coefficient (Wildman–Crippen LogP) is 2.65. The summed E-state index contributed by atoms with van der Waals surface area (Å²) in [7, 11) is 0. The highest BCUT2D eigenvalue weighted by atomic mass is 32.1. The van der Waals surface area contributed by atoms with E-state index in [9.17, 15) is 4.79 Å². The van der Waals surface area contributed by atoms with E-state index in [0.29, 0.717) is 16.8 Å². The number of hydrogen-bond donors (Lipinski definition) is 1. The topological polar surface area (TPSA) is 72.3 Å². The standard InChI is InChI=1S/C11H10N2O3S/c1-6-4-3-5-8(10(14)15)9(6)16-11-12-7(2)13-17-11/h3-5H,1-2H3,(H,14,15). The van der Waals surface area contributed by atoms with Crippen LogP contribution in [0.3, 0.4) is 0 Å². The minimum atomic E-state index is -1.02. The Bertz CT molecular complexity index is 566. The number of para-hydroxylation sites is 1. The maximum absolute atomic E-state index is 11.1. The Kier molecular flexibility index (Phi) is 3.06. The number of carboxylic acids is 1. The Morgan fingerprint density at radius 3 is 2.76 bits per heavy atom. The minimum Gasteiger partial charge on any atom is -0.478 e. The van der Waals surface area contributed by atoms with Gasteiger partial charge in [0, 0.05) is 11.5 Å². The van der Waals surface area contributed by atoms with Crippen LogP contribution in [0.1, 0.15) is 21.7 Å². The Morgan fingerprint density at radius 1 is 1.41 bits per heavy atom. The predicted molar refractivity (Wildman–Crippen MR) is 62.9 cm³/mol. The molecule has 0 saturated carbocycles. The molecular formula is C11H10N2O3S. The van der Waals surface area contributed by atoms with Crippen LogP contribution >= 0.6 is 11.5 Å². The van der Waals surface area contributed by atoms with Crippen molar-refractivity contribution in [2.45, 2.75) is 13.8 Å². The summed E-state index contributed by atoms with van der Waals surface area (Å²) in [5, 5.41) is 9.41. The zero-order valence-electron chi connectivity index (χ0n) is 9.30. The number of aromatic nitrogens is 2. The van der Waals surface area contributed by atoms with Crippen LogP contribution in [0.2, 0.25) is 0 Å². The molecule has 2 rings (SSSR count). The van der Waals surface area contributed by atoms with Crippen molar-refractivity contribution >= 4 is 17.5 Å². The molecule has 1 aromatic heterocycles. The molecule has 0 bridgehead atoms. The van der Waals surface area contributed by atoms with Gasteiger partial charge >= 0.3 is 5.97 Å². The summed E-state index contributed by atoms with van der Waals surface area (Å²) in [6.45, 7) is 3.54. The van der Waals surface area contributed by atoms with Crippen molar-refractivity contribution in [1.82, 2.24) is 9.36 Å². The lowest BCUT2D eigenvalue weighted by Gasteiger charge is -2.08. The van der Waals surface area contributed by atoms with E-state index in [2.05, 4.69) is 9.36 Å². The number of aromatic carboxylic acids is 1. The molecule has 0 saturated heterocycles. The van der Waals surface area contributed by atoms with Gasteiger partial charge in [0.1, 0.15) is 17.1 Å². The molecule has 0 aliphatic rings. The number of rotatable bonds is 3. The van der Waals surface area contributed by atoms with Crippen molar-refractivity contribution in [3.05, 3.63) is 35.2 Å². The first-order valence-corrected chi connectivity index (χ1v) is 5.66. The second-order valence-electron chi connectivity index (χ2n) is 3.47. The van der Waals surface area contributed by atoms with Crippen LogP contribution < -0.4 is 4.74 Å². The molecule has 2 aromatic rings. The molecule has 0 atom stereocenters. The number of carboxylic acid groups (broad SMARTS) is 1. The monoisotopic (exact) mass is 250 g/mol. The molecule has 0 aliphatic carbocycles. The number of benzene rings is 1. The lowest BCUT2D eigenvalue weighted by molar-refractivity contribution is 0.0694. The van der Waals surface area contributed by atoms with Crippen molar-refractivity contribution in [1.29, 1.82) is 0 Å². The normalized spacial score (nSPS) is 10.2. The third-order valence-electron chi connectivity index (χ3n) is 2.14. The summed E-state index contributed by atoms with van der Waals surface area (Å²) in [4.78, 5) is 15.1. The summed E-state index contributed by atoms with van der Waals surface area (Å²) in [5.74, 6) is -0.100. The average Bonchev–Trinajstić information content (AvgIpc) is 2.67. The quantitative estimate of drug-likeness (QED) is 0.906. The second-order valence-corrected chi connectivity index (χ2v) is 4.18. The minimum absolute atomic E-state index is 0.123. The summed E-state index contributed by atoms with van der Waals surface area (Å²) in [6, 6.07) is 4.96. The van der Waals surface area contributed by atoms with Gasteiger partial charge in [0.2, 0.25) is 0 Å². The molecule has 0 radical (unpaired) electrons. The van der Waals surface area contributed by atoms with E-state index in [-0.39, 0.29) is 5.56 Å². The van der Waals surface area contributed by atoms with E-state index in [4.69, 9.17) is 9.84 Å². The van der Waals surface area contributed by atoms with Crippen molar-refractivity contribution in [2.24, 2.45) is 0 Å². The van der Waals surface area contributed by atoms with Crippen molar-refractivity contribution in [3.8, 4) is 10.9 Å². The second kappa shape index (κ2) is 4.50. The summed E-state index contributed by atoms with van der Waals surface area (Å²) >= 11 is 1.10. The van der Waals surface area contributed by atoms with Crippen LogP contribution in [0.5, 0.6) is 10.9 Å². The zero-order valence-corrected chi connectivity index (χ0v) is 10.1. The number of ether oxygens (including phenoxy) is 1. The van der Waals surface area contributed by atoms with Crippen LogP contribution in [-0.4, -0.2) is 20.4 Å². The molecule has 17 heavy (non-hydrogen) atoms. The van der Waals surface area contributed by atoms with Gasteiger partial charge in [0.05, 0.1) is 0 Å². The van der Waals surface area contributed by atoms with Gasteiger partial charge in [0.25, 0.3) is 5.19 Å². The number of aryl methyl sites for hydroxylation is 2. The maximum atomic E-state index is 11.1. The lowest BCUT2D eigenvalue weighted by Crippen LogP contribution is -2.01. The summed E-state index contributed by atoms with van der Waals surface area (Å²) in [5.41, 5.74) is 0.871. The molecule has 88 valence electrons. The molecule has 6 heteroatoms. The van der Waals surface area contributed by atoms with Crippen LogP contribution in [0, 0.1) is 13.8 Å². The van der Waals surface area contributed by atoms with Gasteiger partial charge in [0.15, 0.2) is 0 Å². The maximum Gasteiger partial charge on any atom is 0.339 e. The first-order valence-electron chi connectivity index (χ1n) is 4.89. The molecule has 0 amide bonds. The highest BCUT2D eigenvalue weighted by Crippen LogP contribution is 2.29. The van der Waals surface area contributed by atoms with E-state index in [1.165, 1.54) is 6.07 Å². The Morgan fingerprint density at radius 2 is 2.18 bits per heavy atom. The number of hydrogen-bond acceptors (Lipinski definition) is 5. The lowest BCUT2D eigenvalue weighted by atomic mass is 10.1. The molecular weight excluding hydrogens is 240 g/mol. The fourth-order valence-corrected chi connectivity index (χ4v) is 1.91. The van der Waals surface area contributed by atoms with Gasteiger partial charge in [-0.3, -0.25) is 0 Å². The molecule has 0 aliphatic heterocycles. The SMILES string of the molecule is Cc1nsc(Oc2c(C)cccc2C(=O)O)n1. The van der Waals surface area contributed by atoms with Crippen molar-refractivity contribution < 1.29 is 14.6 Å². The smallest absolute Gasteiger partial charge is 0.339 e. The van der Waals surface area contributed by atoms with Crippen molar-refractivity contribution in [3.63, 3.8) is 0 Å². The van der Waals surface area contributed by atoms with E-state index in [0.717, 1.165) is 17.1 Å². The zero-order chi connectivity index (χ0) is 12.4. The molecule has 1 aromatic carbocycles. The fourth-order valence-electron chi connectivity index (χ4n) is 1.36. The van der Waals surface area contributed by atoms with E-state index < -0.39 is 5.97 Å². The molecule has 1 N–H and O–H groups in total. The van der Waals surface area contributed by atoms with Crippen LogP contribution in [0.4, 0.5) is 0 Å². The summed E-state index contributed by atoms with van der Waals surface area (Å²) in [6.07, 6.45) is 0. The number of carbonyl (C=O) groups is 1. The van der Waals surface area contributed by atoms with Crippen molar-refractivity contribution in [2.75, 3.05) is 0 Å². The van der Waals surface area contributed by atoms with Crippen LogP contribution in [0.15, 0.2) is 18.2 Å². The first-order chi connectivity index (χ1) is 8.08. The van der Waals surface area contributed by atoms with E-state index in [1.807, 2.05) is 0 Å². The first kappa shape index (κ1) is 11.5. The van der Waals surface area contributed by atoms with Gasteiger partial charge < -0.3 is 9.84 Å². The summed E-state index contributed by atoms with van der Waals surface area (Å²) < 4.78 is 9.46. The van der Waals surface area contributed by atoms with Gasteiger partial charge in [-0.25, -0.2) is 4.79 Å². The number of nitrogens with zero attached hydrogens (tertiary/aromatic N) is 2. The van der Waals surface area contributed by atoms with Gasteiger partial charge in [-0.05, 0) is 25.5 Å². The fraction of sp³-hybridized carbons (Fsp3) is 0.182. The van der Waals surface area contributed by atoms with Crippen LogP contribution in [-0.2, 0) is 0 Å². The van der Waals surface area contributed by atoms with Crippen LogP contribution in [0.25, 0.3) is 0 Å². The van der Waals surface area contributed by atoms with Gasteiger partial charge in [-0.1, -0.05) is 12.1 Å². The average molecular weight is 250 g/mol. The molecule has 0 unspecified atom stereocenters. The molecule has 0 fully saturated rings.